The molecule has 0 unspecified atom stereocenters. The summed E-state index contributed by atoms with van der Waals surface area (Å²) < 4.78 is 0. The lowest BCUT2D eigenvalue weighted by Gasteiger charge is -2.18. The predicted octanol–water partition coefficient (Wildman–Crippen LogP) is 3.79. The zero-order chi connectivity index (χ0) is 16.4. The van der Waals surface area contributed by atoms with Crippen molar-refractivity contribution in [1.29, 1.82) is 0 Å². The molecule has 0 aliphatic rings. The van der Waals surface area contributed by atoms with Gasteiger partial charge in [0.25, 0.3) is 5.91 Å². The highest BCUT2D eigenvalue weighted by Gasteiger charge is 2.15. The van der Waals surface area contributed by atoms with E-state index in [-0.39, 0.29) is 11.3 Å². The van der Waals surface area contributed by atoms with Gasteiger partial charge in [0.05, 0.1) is 0 Å². The first-order chi connectivity index (χ1) is 10.9. The second kappa shape index (κ2) is 5.88. The second-order valence-electron chi connectivity index (χ2n) is 6.78. The molecule has 1 amide bonds. The van der Waals surface area contributed by atoms with Crippen LogP contribution in [0.1, 0.15) is 42.4 Å². The monoisotopic (exact) mass is 307 g/mol. The molecule has 0 aliphatic heterocycles. The van der Waals surface area contributed by atoms with Crippen molar-refractivity contribution >= 4 is 16.8 Å². The molecule has 0 saturated carbocycles. The summed E-state index contributed by atoms with van der Waals surface area (Å²) in [5.74, 6) is -0.109. The molecule has 2 N–H and O–H groups in total. The number of H-pyrrole nitrogens is 1. The van der Waals surface area contributed by atoms with Crippen LogP contribution in [0.3, 0.4) is 0 Å². The van der Waals surface area contributed by atoms with Gasteiger partial charge in [-0.05, 0) is 34.7 Å². The SMILES string of the molecule is CC(C)(C)c1ccc2cc(C(=O)NCc3cccnc3)[nH]c2c1. The van der Waals surface area contributed by atoms with Gasteiger partial charge in [-0.2, -0.15) is 0 Å². The van der Waals surface area contributed by atoms with Crippen molar-refractivity contribution in [2.75, 3.05) is 0 Å². The van der Waals surface area contributed by atoms with Crippen molar-refractivity contribution in [2.24, 2.45) is 0 Å². The lowest BCUT2D eigenvalue weighted by Crippen LogP contribution is -2.23. The molecular formula is C19H21N3O. The molecule has 0 radical (unpaired) electrons. The number of hydrogen-bond donors (Lipinski definition) is 2. The van der Waals surface area contributed by atoms with Crippen LogP contribution in [0.5, 0.6) is 0 Å². The van der Waals surface area contributed by atoms with E-state index >= 15 is 0 Å². The topological polar surface area (TPSA) is 57.8 Å². The fourth-order valence-corrected chi connectivity index (χ4v) is 2.50. The summed E-state index contributed by atoms with van der Waals surface area (Å²) in [7, 11) is 0. The number of benzene rings is 1. The standard InChI is InChI=1S/C19H21N3O/c1-19(2,3)15-7-6-14-9-17(22-16(14)10-15)18(23)21-12-13-5-4-8-20-11-13/h4-11,22H,12H2,1-3H3,(H,21,23). The van der Waals surface area contributed by atoms with Crippen LogP contribution in [-0.2, 0) is 12.0 Å². The summed E-state index contributed by atoms with van der Waals surface area (Å²) in [6.07, 6.45) is 3.47. The highest BCUT2D eigenvalue weighted by Crippen LogP contribution is 2.26. The molecule has 23 heavy (non-hydrogen) atoms. The van der Waals surface area contributed by atoms with E-state index in [0.717, 1.165) is 16.5 Å². The number of nitrogens with zero attached hydrogens (tertiary/aromatic N) is 1. The first-order valence-electron chi connectivity index (χ1n) is 7.74. The lowest BCUT2D eigenvalue weighted by molar-refractivity contribution is 0.0946. The van der Waals surface area contributed by atoms with Crippen LogP contribution in [-0.4, -0.2) is 15.9 Å². The summed E-state index contributed by atoms with van der Waals surface area (Å²) in [5.41, 5.74) is 3.88. The van der Waals surface area contributed by atoms with Crippen LogP contribution in [0.15, 0.2) is 48.8 Å². The van der Waals surface area contributed by atoms with E-state index < -0.39 is 0 Å². The van der Waals surface area contributed by atoms with E-state index in [2.05, 4.69) is 54.3 Å². The lowest BCUT2D eigenvalue weighted by atomic mass is 9.87. The molecule has 0 fully saturated rings. The van der Waals surface area contributed by atoms with E-state index in [4.69, 9.17) is 0 Å². The third-order valence-corrected chi connectivity index (χ3v) is 3.91. The quantitative estimate of drug-likeness (QED) is 0.773. The summed E-state index contributed by atoms with van der Waals surface area (Å²) in [6, 6.07) is 12.0. The summed E-state index contributed by atoms with van der Waals surface area (Å²) in [6.45, 7) is 7.01. The van der Waals surface area contributed by atoms with Crippen LogP contribution >= 0.6 is 0 Å². The maximum absolute atomic E-state index is 12.3. The van der Waals surface area contributed by atoms with Crippen LogP contribution in [0.2, 0.25) is 0 Å². The van der Waals surface area contributed by atoms with Gasteiger partial charge in [0, 0.05) is 29.8 Å². The Morgan fingerprint density at radius 1 is 1.22 bits per heavy atom. The minimum atomic E-state index is -0.109. The fraction of sp³-hybridized carbons (Fsp3) is 0.263. The van der Waals surface area contributed by atoms with Gasteiger partial charge >= 0.3 is 0 Å². The molecule has 1 aromatic carbocycles. The molecule has 4 nitrogen and oxygen atoms in total. The van der Waals surface area contributed by atoms with Crippen LogP contribution in [0, 0.1) is 0 Å². The number of pyridine rings is 1. The zero-order valence-electron chi connectivity index (χ0n) is 13.7. The molecule has 0 bridgehead atoms. The van der Waals surface area contributed by atoms with E-state index in [1.165, 1.54) is 5.56 Å². The van der Waals surface area contributed by atoms with E-state index in [1.807, 2.05) is 18.2 Å². The number of aromatic nitrogens is 2. The van der Waals surface area contributed by atoms with Gasteiger partial charge in [-0.1, -0.05) is 39.0 Å². The van der Waals surface area contributed by atoms with E-state index in [9.17, 15) is 4.79 Å². The Kier molecular flexibility index (Phi) is 3.90. The molecule has 4 heteroatoms. The number of rotatable bonds is 3. The van der Waals surface area contributed by atoms with Crippen LogP contribution < -0.4 is 5.32 Å². The first kappa shape index (κ1) is 15.3. The minimum absolute atomic E-state index is 0.0853. The molecule has 3 rings (SSSR count). The molecule has 2 heterocycles. The average Bonchev–Trinajstić information content (AvgIpc) is 2.96. The summed E-state index contributed by atoms with van der Waals surface area (Å²) in [4.78, 5) is 19.6. The van der Waals surface area contributed by atoms with Gasteiger partial charge in [0.15, 0.2) is 0 Å². The predicted molar refractivity (Wildman–Crippen MR) is 92.4 cm³/mol. The molecule has 3 aromatic rings. The molecule has 0 saturated heterocycles. The Morgan fingerprint density at radius 3 is 2.74 bits per heavy atom. The zero-order valence-corrected chi connectivity index (χ0v) is 13.7. The van der Waals surface area contributed by atoms with Gasteiger partial charge in [-0.3, -0.25) is 9.78 Å². The largest absolute Gasteiger partial charge is 0.351 e. The number of aromatic amines is 1. The van der Waals surface area contributed by atoms with Gasteiger partial charge in [0.2, 0.25) is 0 Å². The van der Waals surface area contributed by atoms with Crippen molar-refractivity contribution in [2.45, 2.75) is 32.7 Å². The number of carbonyl (C=O) groups is 1. The van der Waals surface area contributed by atoms with Crippen molar-refractivity contribution < 1.29 is 4.79 Å². The van der Waals surface area contributed by atoms with Crippen molar-refractivity contribution in [1.82, 2.24) is 15.3 Å². The average molecular weight is 307 g/mol. The van der Waals surface area contributed by atoms with E-state index in [1.54, 1.807) is 12.4 Å². The Balaban J connectivity index is 1.78. The number of hydrogen-bond acceptors (Lipinski definition) is 2. The Morgan fingerprint density at radius 2 is 2.04 bits per heavy atom. The van der Waals surface area contributed by atoms with Crippen LogP contribution in [0.4, 0.5) is 0 Å². The third kappa shape index (κ3) is 3.42. The van der Waals surface area contributed by atoms with Gasteiger partial charge in [-0.15, -0.1) is 0 Å². The molecule has 2 aromatic heterocycles. The van der Waals surface area contributed by atoms with Gasteiger partial charge < -0.3 is 10.3 Å². The number of nitrogens with one attached hydrogen (secondary N) is 2. The van der Waals surface area contributed by atoms with Crippen molar-refractivity contribution in [3.05, 3.63) is 65.6 Å². The Labute approximate surface area is 136 Å². The molecule has 0 spiro atoms. The first-order valence-corrected chi connectivity index (χ1v) is 7.74. The fourth-order valence-electron chi connectivity index (χ4n) is 2.50. The molecule has 118 valence electrons. The molecule has 0 aliphatic carbocycles. The smallest absolute Gasteiger partial charge is 0.267 e. The van der Waals surface area contributed by atoms with Gasteiger partial charge in [0.1, 0.15) is 5.69 Å². The maximum Gasteiger partial charge on any atom is 0.267 e. The molecule has 0 atom stereocenters. The highest BCUT2D eigenvalue weighted by molar-refractivity contribution is 5.98. The highest BCUT2D eigenvalue weighted by atomic mass is 16.1. The second-order valence-corrected chi connectivity index (χ2v) is 6.78. The minimum Gasteiger partial charge on any atom is -0.351 e. The Bertz CT molecular complexity index is 829. The van der Waals surface area contributed by atoms with Crippen molar-refractivity contribution in [3.63, 3.8) is 0 Å². The van der Waals surface area contributed by atoms with Crippen LogP contribution in [0.25, 0.3) is 10.9 Å². The Hall–Kier alpha value is -2.62. The number of carbonyl (C=O) groups excluding carboxylic acids is 1. The molecular weight excluding hydrogens is 286 g/mol. The van der Waals surface area contributed by atoms with E-state index in [0.29, 0.717) is 12.2 Å². The summed E-state index contributed by atoms with van der Waals surface area (Å²) in [5, 5.41) is 3.96. The maximum atomic E-state index is 12.3. The summed E-state index contributed by atoms with van der Waals surface area (Å²) >= 11 is 0. The third-order valence-electron chi connectivity index (χ3n) is 3.91. The van der Waals surface area contributed by atoms with Crippen molar-refractivity contribution in [3.8, 4) is 0 Å². The number of amides is 1. The number of fused-ring (bicyclic) bond motifs is 1. The normalized spacial score (nSPS) is 11.6. The van der Waals surface area contributed by atoms with Gasteiger partial charge in [-0.25, -0.2) is 0 Å².